The van der Waals surface area contributed by atoms with Crippen LogP contribution < -0.4 is 5.32 Å². The van der Waals surface area contributed by atoms with Crippen molar-refractivity contribution in [2.45, 2.75) is 19.6 Å². The zero-order valence-electron chi connectivity index (χ0n) is 12.2. The summed E-state index contributed by atoms with van der Waals surface area (Å²) >= 11 is 0. The number of ether oxygens (including phenoxy) is 1. The number of hydrogen-bond donors (Lipinski definition) is 2. The Morgan fingerprint density at radius 1 is 1.33 bits per heavy atom. The van der Waals surface area contributed by atoms with Gasteiger partial charge in [0, 0.05) is 19.2 Å². The average Bonchev–Trinajstić information content (AvgIpc) is 2.91. The third kappa shape index (κ3) is 4.14. The van der Waals surface area contributed by atoms with Crippen LogP contribution >= 0.6 is 0 Å². The Morgan fingerprint density at radius 3 is 2.90 bits per heavy atom. The minimum atomic E-state index is -0.546. The fourth-order valence-electron chi connectivity index (χ4n) is 2.11. The van der Waals surface area contributed by atoms with Crippen molar-refractivity contribution >= 4 is 0 Å². The molecule has 1 unspecified atom stereocenters. The van der Waals surface area contributed by atoms with Crippen LogP contribution in [0.25, 0.3) is 11.3 Å². The number of halogens is 1. The zero-order chi connectivity index (χ0) is 15.2. The fraction of sp³-hybridized carbons (Fsp3) is 0.375. The Kier molecular flexibility index (Phi) is 5.50. The van der Waals surface area contributed by atoms with Crippen LogP contribution in [-0.2, 0) is 11.3 Å². The van der Waals surface area contributed by atoms with Crippen LogP contribution in [0.15, 0.2) is 34.7 Å². The molecule has 1 heterocycles. The SMILES string of the molecule is COCC(O)CNCc1ccc(-c2cccc(F)c2C)o1. The normalized spacial score (nSPS) is 12.6. The second-order valence-corrected chi connectivity index (χ2v) is 4.92. The molecule has 0 aliphatic carbocycles. The molecule has 0 bridgehead atoms. The largest absolute Gasteiger partial charge is 0.460 e. The van der Waals surface area contributed by atoms with Gasteiger partial charge in [-0.3, -0.25) is 0 Å². The van der Waals surface area contributed by atoms with Gasteiger partial charge in [0.05, 0.1) is 19.3 Å². The van der Waals surface area contributed by atoms with Gasteiger partial charge in [-0.25, -0.2) is 4.39 Å². The van der Waals surface area contributed by atoms with Crippen molar-refractivity contribution in [1.82, 2.24) is 5.32 Å². The number of benzene rings is 1. The van der Waals surface area contributed by atoms with E-state index in [1.54, 1.807) is 20.1 Å². The maximum atomic E-state index is 13.5. The molecule has 0 radical (unpaired) electrons. The Morgan fingerprint density at radius 2 is 2.14 bits per heavy atom. The first kappa shape index (κ1) is 15.7. The molecule has 1 atom stereocenters. The predicted molar refractivity (Wildman–Crippen MR) is 78.4 cm³/mol. The van der Waals surface area contributed by atoms with E-state index in [0.29, 0.717) is 31.0 Å². The van der Waals surface area contributed by atoms with E-state index in [2.05, 4.69) is 5.32 Å². The molecule has 0 aliphatic heterocycles. The second-order valence-electron chi connectivity index (χ2n) is 4.92. The van der Waals surface area contributed by atoms with Crippen LogP contribution in [-0.4, -0.2) is 31.5 Å². The molecule has 4 nitrogen and oxygen atoms in total. The average molecular weight is 293 g/mol. The third-order valence-electron chi connectivity index (χ3n) is 3.23. The molecule has 2 aromatic rings. The highest BCUT2D eigenvalue weighted by atomic mass is 19.1. The molecule has 114 valence electrons. The fourth-order valence-corrected chi connectivity index (χ4v) is 2.11. The number of methoxy groups -OCH3 is 1. The van der Waals surface area contributed by atoms with Gasteiger partial charge in [-0.15, -0.1) is 0 Å². The van der Waals surface area contributed by atoms with Crippen LogP contribution in [0.1, 0.15) is 11.3 Å². The summed E-state index contributed by atoms with van der Waals surface area (Å²) in [5.74, 6) is 1.13. The van der Waals surface area contributed by atoms with Crippen LogP contribution in [0.2, 0.25) is 0 Å². The number of furan rings is 1. The van der Waals surface area contributed by atoms with Crippen molar-refractivity contribution in [3.63, 3.8) is 0 Å². The summed E-state index contributed by atoms with van der Waals surface area (Å²) in [4.78, 5) is 0. The smallest absolute Gasteiger partial charge is 0.134 e. The Hall–Kier alpha value is -1.69. The first-order chi connectivity index (χ1) is 10.1. The lowest BCUT2D eigenvalue weighted by Gasteiger charge is -2.09. The Balaban J connectivity index is 1.97. The number of aliphatic hydroxyl groups is 1. The molecular formula is C16H20FNO3. The number of nitrogens with one attached hydrogen (secondary N) is 1. The van der Waals surface area contributed by atoms with Gasteiger partial charge >= 0.3 is 0 Å². The van der Waals surface area contributed by atoms with E-state index in [4.69, 9.17) is 9.15 Å². The van der Waals surface area contributed by atoms with E-state index < -0.39 is 6.10 Å². The molecule has 5 heteroatoms. The Bertz CT molecular complexity index is 583. The standard InChI is InChI=1S/C16H20FNO3/c1-11-14(4-3-5-15(11)17)16-7-6-13(21-16)9-18-8-12(19)10-20-2/h3-7,12,18-19H,8-10H2,1-2H3. The van der Waals surface area contributed by atoms with Gasteiger partial charge in [0.15, 0.2) is 0 Å². The van der Waals surface area contributed by atoms with Crippen LogP contribution in [0, 0.1) is 12.7 Å². The van der Waals surface area contributed by atoms with Gasteiger partial charge in [-0.2, -0.15) is 0 Å². The van der Waals surface area contributed by atoms with Gasteiger partial charge in [-0.05, 0) is 30.7 Å². The third-order valence-corrected chi connectivity index (χ3v) is 3.23. The van der Waals surface area contributed by atoms with Crippen molar-refractivity contribution in [3.8, 4) is 11.3 Å². The van der Waals surface area contributed by atoms with Crippen molar-refractivity contribution in [1.29, 1.82) is 0 Å². The first-order valence-electron chi connectivity index (χ1n) is 6.83. The predicted octanol–water partition coefficient (Wildman–Crippen LogP) is 2.49. The van der Waals surface area contributed by atoms with Gasteiger partial charge in [0.25, 0.3) is 0 Å². The molecule has 0 amide bonds. The molecule has 1 aromatic heterocycles. The van der Waals surface area contributed by atoms with Crippen molar-refractivity contribution in [2.24, 2.45) is 0 Å². The number of rotatable bonds is 7. The summed E-state index contributed by atoms with van der Waals surface area (Å²) in [5.41, 5.74) is 1.32. The quantitative estimate of drug-likeness (QED) is 0.823. The van der Waals surface area contributed by atoms with Crippen molar-refractivity contribution in [2.75, 3.05) is 20.3 Å². The summed E-state index contributed by atoms with van der Waals surface area (Å²) in [6, 6.07) is 8.59. The summed E-state index contributed by atoms with van der Waals surface area (Å²) in [5, 5.41) is 12.6. The summed E-state index contributed by atoms with van der Waals surface area (Å²) in [6.45, 7) is 2.93. The van der Waals surface area contributed by atoms with Crippen molar-refractivity contribution in [3.05, 3.63) is 47.5 Å². The van der Waals surface area contributed by atoms with Gasteiger partial charge < -0.3 is 19.6 Å². The van der Waals surface area contributed by atoms with E-state index in [0.717, 1.165) is 11.3 Å². The van der Waals surface area contributed by atoms with Crippen LogP contribution in [0.3, 0.4) is 0 Å². The van der Waals surface area contributed by atoms with Gasteiger partial charge in [0.2, 0.25) is 0 Å². The molecule has 1 aromatic carbocycles. The Labute approximate surface area is 123 Å². The maximum Gasteiger partial charge on any atom is 0.134 e. The second kappa shape index (κ2) is 7.36. The van der Waals surface area contributed by atoms with Crippen molar-refractivity contribution < 1.29 is 18.7 Å². The molecule has 21 heavy (non-hydrogen) atoms. The van der Waals surface area contributed by atoms with E-state index in [1.807, 2.05) is 18.2 Å². The lowest BCUT2D eigenvalue weighted by atomic mass is 10.1. The minimum absolute atomic E-state index is 0.244. The van der Waals surface area contributed by atoms with E-state index in [9.17, 15) is 9.50 Å². The highest BCUT2D eigenvalue weighted by Crippen LogP contribution is 2.26. The molecule has 0 saturated carbocycles. The van der Waals surface area contributed by atoms with Gasteiger partial charge in [-0.1, -0.05) is 12.1 Å². The maximum absolute atomic E-state index is 13.5. The topological polar surface area (TPSA) is 54.6 Å². The lowest BCUT2D eigenvalue weighted by Crippen LogP contribution is -2.29. The summed E-state index contributed by atoms with van der Waals surface area (Å²) in [6.07, 6.45) is -0.546. The lowest BCUT2D eigenvalue weighted by molar-refractivity contribution is 0.0641. The molecule has 0 aliphatic rings. The van der Waals surface area contributed by atoms with E-state index >= 15 is 0 Å². The zero-order valence-corrected chi connectivity index (χ0v) is 12.2. The molecule has 0 fully saturated rings. The van der Waals surface area contributed by atoms with E-state index in [-0.39, 0.29) is 5.82 Å². The summed E-state index contributed by atoms with van der Waals surface area (Å²) < 4.78 is 24.1. The number of aliphatic hydroxyl groups excluding tert-OH is 1. The molecule has 0 saturated heterocycles. The van der Waals surface area contributed by atoms with E-state index in [1.165, 1.54) is 6.07 Å². The monoisotopic (exact) mass is 293 g/mol. The number of hydrogen-bond acceptors (Lipinski definition) is 4. The highest BCUT2D eigenvalue weighted by molar-refractivity contribution is 5.62. The highest BCUT2D eigenvalue weighted by Gasteiger charge is 2.10. The molecule has 2 rings (SSSR count). The molecular weight excluding hydrogens is 273 g/mol. The molecule has 0 spiro atoms. The minimum Gasteiger partial charge on any atom is -0.460 e. The first-order valence-corrected chi connectivity index (χ1v) is 6.83. The van der Waals surface area contributed by atoms with Crippen LogP contribution in [0.4, 0.5) is 4.39 Å². The molecule has 2 N–H and O–H groups in total. The van der Waals surface area contributed by atoms with Crippen LogP contribution in [0.5, 0.6) is 0 Å². The van der Waals surface area contributed by atoms with Gasteiger partial charge in [0.1, 0.15) is 17.3 Å². The summed E-state index contributed by atoms with van der Waals surface area (Å²) in [7, 11) is 1.54.